The van der Waals surface area contributed by atoms with Crippen molar-refractivity contribution in [3.8, 4) is 0 Å². The van der Waals surface area contributed by atoms with Crippen LogP contribution in [0.5, 0.6) is 0 Å². The normalized spacial score (nSPS) is 13.9. The number of benzene rings is 2. The van der Waals surface area contributed by atoms with Crippen LogP contribution in [0.1, 0.15) is 56.9 Å². The molecule has 34 heavy (non-hydrogen) atoms. The number of carbonyl (C=O) groups excluding carboxylic acids is 4. The van der Waals surface area contributed by atoms with Crippen LogP contribution in [-0.4, -0.2) is 53.3 Å². The van der Waals surface area contributed by atoms with Gasteiger partial charge in [0.05, 0.1) is 18.2 Å². The molecule has 1 aromatic heterocycles. The third-order valence-electron chi connectivity index (χ3n) is 6.05. The van der Waals surface area contributed by atoms with Gasteiger partial charge in [-0.1, -0.05) is 32.0 Å². The van der Waals surface area contributed by atoms with E-state index in [1.807, 2.05) is 38.1 Å². The molecule has 2 N–H and O–H groups in total. The molecule has 3 aromatic rings. The van der Waals surface area contributed by atoms with Gasteiger partial charge in [0.2, 0.25) is 0 Å². The first kappa shape index (κ1) is 23.2. The monoisotopic (exact) mass is 461 g/mol. The predicted octanol–water partition coefficient (Wildman–Crippen LogP) is 3.32. The highest BCUT2D eigenvalue weighted by molar-refractivity contribution is 6.22. The minimum absolute atomic E-state index is 0.193. The largest absolute Gasteiger partial charge is 0.467 e. The molecule has 176 valence electrons. The zero-order chi connectivity index (χ0) is 24.4. The first-order valence-corrected chi connectivity index (χ1v) is 11.2. The van der Waals surface area contributed by atoms with Crippen LogP contribution in [0.4, 0.5) is 0 Å². The molecule has 3 amide bonds. The van der Waals surface area contributed by atoms with E-state index in [4.69, 9.17) is 4.74 Å². The van der Waals surface area contributed by atoms with Crippen LogP contribution in [0.15, 0.2) is 48.7 Å². The van der Waals surface area contributed by atoms with Crippen LogP contribution < -0.4 is 5.32 Å². The zero-order valence-electron chi connectivity index (χ0n) is 19.4. The van der Waals surface area contributed by atoms with Crippen LogP contribution >= 0.6 is 0 Å². The lowest BCUT2D eigenvalue weighted by Gasteiger charge is -2.16. The fourth-order valence-electron chi connectivity index (χ4n) is 4.12. The van der Waals surface area contributed by atoms with E-state index in [9.17, 15) is 19.2 Å². The third kappa shape index (κ3) is 4.44. The highest BCUT2D eigenvalue weighted by Crippen LogP contribution is 2.25. The molecule has 0 fully saturated rings. The Balaban J connectivity index is 1.54. The molecule has 0 saturated carbocycles. The molecule has 0 aliphatic carbocycles. The molecule has 8 nitrogen and oxygen atoms in total. The fourth-order valence-corrected chi connectivity index (χ4v) is 4.12. The van der Waals surface area contributed by atoms with Gasteiger partial charge in [0.25, 0.3) is 17.7 Å². The van der Waals surface area contributed by atoms with Gasteiger partial charge >= 0.3 is 5.97 Å². The Kier molecular flexibility index (Phi) is 6.49. The van der Waals surface area contributed by atoms with Gasteiger partial charge in [-0.2, -0.15) is 0 Å². The maximum atomic E-state index is 13.0. The molecule has 0 bridgehead atoms. The number of hydrogen-bond acceptors (Lipinski definition) is 5. The summed E-state index contributed by atoms with van der Waals surface area (Å²) in [5, 5.41) is 3.67. The van der Waals surface area contributed by atoms with Gasteiger partial charge < -0.3 is 15.0 Å². The number of amides is 3. The highest BCUT2D eigenvalue weighted by Gasteiger charge is 2.36. The second-order valence-corrected chi connectivity index (χ2v) is 8.82. The van der Waals surface area contributed by atoms with E-state index < -0.39 is 23.8 Å². The summed E-state index contributed by atoms with van der Waals surface area (Å²) >= 11 is 0. The summed E-state index contributed by atoms with van der Waals surface area (Å²) in [6.07, 6.45) is 2.74. The lowest BCUT2D eigenvalue weighted by atomic mass is 10.0. The third-order valence-corrected chi connectivity index (χ3v) is 6.05. The van der Waals surface area contributed by atoms with Crippen LogP contribution in [0.3, 0.4) is 0 Å². The summed E-state index contributed by atoms with van der Waals surface area (Å²) < 4.78 is 4.91. The lowest BCUT2D eigenvalue weighted by Crippen LogP contribution is -2.43. The number of rotatable bonds is 8. The first-order valence-electron chi connectivity index (χ1n) is 11.2. The van der Waals surface area contributed by atoms with Gasteiger partial charge in [0.15, 0.2) is 0 Å². The number of hydrogen-bond donors (Lipinski definition) is 2. The lowest BCUT2D eigenvalue weighted by molar-refractivity contribution is -0.142. The Bertz CT molecular complexity index is 1280. The molecule has 0 radical (unpaired) electrons. The molecular weight excluding hydrogens is 434 g/mol. The van der Waals surface area contributed by atoms with Gasteiger partial charge in [-0.05, 0) is 42.2 Å². The van der Waals surface area contributed by atoms with Crippen molar-refractivity contribution in [1.29, 1.82) is 0 Å². The number of nitrogens with zero attached hydrogens (tertiary/aromatic N) is 1. The predicted molar refractivity (Wildman–Crippen MR) is 127 cm³/mol. The van der Waals surface area contributed by atoms with E-state index >= 15 is 0 Å². The van der Waals surface area contributed by atoms with Gasteiger partial charge in [-0.15, -0.1) is 0 Å². The Morgan fingerprint density at radius 2 is 1.79 bits per heavy atom. The zero-order valence-corrected chi connectivity index (χ0v) is 19.4. The molecule has 4 rings (SSSR count). The summed E-state index contributed by atoms with van der Waals surface area (Å²) in [6.45, 7) is 4.38. The van der Waals surface area contributed by atoms with E-state index in [1.54, 1.807) is 6.20 Å². The maximum Gasteiger partial charge on any atom is 0.328 e. The summed E-state index contributed by atoms with van der Waals surface area (Å²) in [5.74, 6) is -1.51. The van der Waals surface area contributed by atoms with E-state index in [1.165, 1.54) is 30.2 Å². The Morgan fingerprint density at radius 3 is 2.53 bits per heavy atom. The second kappa shape index (κ2) is 9.51. The minimum atomic E-state index is -0.926. The molecule has 1 aliphatic rings. The summed E-state index contributed by atoms with van der Waals surface area (Å²) in [5.41, 5.74) is 2.47. The van der Waals surface area contributed by atoms with Crippen molar-refractivity contribution < 1.29 is 23.9 Å². The van der Waals surface area contributed by atoms with Gasteiger partial charge in [-0.3, -0.25) is 19.3 Å². The van der Waals surface area contributed by atoms with Crippen LogP contribution in [0, 0.1) is 5.92 Å². The summed E-state index contributed by atoms with van der Waals surface area (Å²) in [7, 11) is 1.27. The molecule has 2 heterocycles. The number of carbonyl (C=O) groups is 4. The van der Waals surface area contributed by atoms with Gasteiger partial charge in [-0.25, -0.2) is 4.79 Å². The van der Waals surface area contributed by atoms with E-state index in [-0.39, 0.29) is 29.0 Å². The molecule has 8 heteroatoms. The SMILES string of the molecule is COC(=O)[C@@H](Cc1c[nH]c2ccccc12)NC(=O)c1ccc2c(c1)C(=O)N(CCC(C)C)C2=O. The first-order chi connectivity index (χ1) is 16.3. The van der Waals surface area contributed by atoms with Crippen molar-refractivity contribution >= 4 is 34.6 Å². The van der Waals surface area contributed by atoms with Crippen LogP contribution in [-0.2, 0) is 16.0 Å². The highest BCUT2D eigenvalue weighted by atomic mass is 16.5. The number of imide groups is 1. The number of aromatic amines is 1. The van der Waals surface area contributed by atoms with Crippen molar-refractivity contribution in [3.63, 3.8) is 0 Å². The molecular formula is C26H27N3O5. The maximum absolute atomic E-state index is 13.0. The number of H-pyrrole nitrogens is 1. The summed E-state index contributed by atoms with van der Waals surface area (Å²) in [4.78, 5) is 55.3. The number of methoxy groups -OCH3 is 1. The Labute approximate surface area is 197 Å². The van der Waals surface area contributed by atoms with E-state index in [0.29, 0.717) is 18.9 Å². The van der Waals surface area contributed by atoms with Crippen molar-refractivity contribution in [2.45, 2.75) is 32.7 Å². The quantitative estimate of drug-likeness (QED) is 0.395. The average molecular weight is 462 g/mol. The topological polar surface area (TPSA) is 109 Å². The summed E-state index contributed by atoms with van der Waals surface area (Å²) in [6, 6.07) is 11.1. The number of ether oxygens (including phenoxy) is 1. The van der Waals surface area contributed by atoms with Crippen LogP contribution in [0.25, 0.3) is 10.9 Å². The number of aromatic nitrogens is 1. The van der Waals surface area contributed by atoms with Gasteiger partial charge in [0, 0.05) is 35.6 Å². The molecule has 1 atom stereocenters. The van der Waals surface area contributed by atoms with Crippen molar-refractivity contribution in [3.05, 3.63) is 70.9 Å². The van der Waals surface area contributed by atoms with Crippen LogP contribution in [0.2, 0.25) is 0 Å². The average Bonchev–Trinajstić information content (AvgIpc) is 3.34. The van der Waals surface area contributed by atoms with E-state index in [2.05, 4.69) is 10.3 Å². The molecule has 2 aromatic carbocycles. The fraction of sp³-hybridized carbons (Fsp3) is 0.308. The van der Waals surface area contributed by atoms with Crippen molar-refractivity contribution in [2.75, 3.05) is 13.7 Å². The Morgan fingerprint density at radius 1 is 1.06 bits per heavy atom. The smallest absolute Gasteiger partial charge is 0.328 e. The molecule has 0 unspecified atom stereocenters. The van der Waals surface area contributed by atoms with Gasteiger partial charge in [0.1, 0.15) is 6.04 Å². The number of esters is 1. The number of nitrogens with one attached hydrogen (secondary N) is 2. The minimum Gasteiger partial charge on any atom is -0.467 e. The number of fused-ring (bicyclic) bond motifs is 2. The van der Waals surface area contributed by atoms with E-state index in [0.717, 1.165) is 16.5 Å². The van der Waals surface area contributed by atoms with Crippen molar-refractivity contribution in [1.82, 2.24) is 15.2 Å². The molecule has 0 saturated heterocycles. The standard InChI is InChI=1S/C26H27N3O5/c1-15(2)10-11-29-24(31)19-9-8-16(12-20(19)25(29)32)23(30)28-22(26(33)34-3)13-17-14-27-21-7-5-4-6-18(17)21/h4-9,12,14-15,22,27H,10-11,13H2,1-3H3,(H,28,30)/t22-/m1/s1. The number of para-hydroxylation sites is 1. The molecule has 1 aliphatic heterocycles. The Hall–Kier alpha value is -3.94. The second-order valence-electron chi connectivity index (χ2n) is 8.82. The molecule has 0 spiro atoms. The van der Waals surface area contributed by atoms with Crippen molar-refractivity contribution in [2.24, 2.45) is 5.92 Å².